The van der Waals surface area contributed by atoms with E-state index >= 15 is 0 Å². The minimum absolute atomic E-state index is 0.277. The van der Waals surface area contributed by atoms with Gasteiger partial charge in [0.15, 0.2) is 0 Å². The summed E-state index contributed by atoms with van der Waals surface area (Å²) in [4.78, 5) is 0. The molecular weight excluding hydrogens is 234 g/mol. The van der Waals surface area contributed by atoms with Gasteiger partial charge in [-0.15, -0.1) is 0 Å². The molecule has 2 heteroatoms. The van der Waals surface area contributed by atoms with Crippen LogP contribution in [0.2, 0.25) is 0 Å². The molecule has 1 saturated carbocycles. The Morgan fingerprint density at radius 2 is 2.00 bits per heavy atom. The second kappa shape index (κ2) is 6.06. The van der Waals surface area contributed by atoms with Crippen molar-refractivity contribution in [2.45, 2.75) is 58.7 Å². The topological polar surface area (TPSA) is 21.3 Å². The van der Waals surface area contributed by atoms with Crippen molar-refractivity contribution >= 4 is 0 Å². The zero-order valence-electron chi connectivity index (χ0n) is 12.6. The molecule has 0 amide bonds. The van der Waals surface area contributed by atoms with Crippen LogP contribution in [0.15, 0.2) is 30.3 Å². The summed E-state index contributed by atoms with van der Waals surface area (Å²) in [5.41, 5.74) is 1.64. The Morgan fingerprint density at radius 3 is 2.58 bits per heavy atom. The lowest BCUT2D eigenvalue weighted by Gasteiger charge is -2.54. The van der Waals surface area contributed by atoms with Crippen LogP contribution in [0.4, 0.5) is 0 Å². The van der Waals surface area contributed by atoms with Gasteiger partial charge >= 0.3 is 0 Å². The molecule has 3 unspecified atom stereocenters. The molecule has 1 N–H and O–H groups in total. The molecule has 1 fully saturated rings. The fraction of sp³-hybridized carbons (Fsp3) is 0.647. The summed E-state index contributed by atoms with van der Waals surface area (Å²) in [7, 11) is 0. The Morgan fingerprint density at radius 1 is 1.32 bits per heavy atom. The third kappa shape index (κ3) is 2.85. The van der Waals surface area contributed by atoms with E-state index in [0.717, 1.165) is 19.4 Å². The van der Waals surface area contributed by atoms with E-state index in [4.69, 9.17) is 4.74 Å². The second-order valence-electron chi connectivity index (χ2n) is 5.89. The van der Waals surface area contributed by atoms with Gasteiger partial charge in [-0.3, -0.25) is 0 Å². The van der Waals surface area contributed by atoms with Crippen molar-refractivity contribution in [2.24, 2.45) is 5.41 Å². The molecule has 0 aliphatic heterocycles. The number of nitrogens with one attached hydrogen (secondary N) is 1. The minimum Gasteiger partial charge on any atom is -0.378 e. The molecule has 1 aromatic carbocycles. The summed E-state index contributed by atoms with van der Waals surface area (Å²) in [6.45, 7) is 9.78. The van der Waals surface area contributed by atoms with Crippen LogP contribution in [-0.2, 0) is 4.74 Å². The summed E-state index contributed by atoms with van der Waals surface area (Å²) >= 11 is 0. The van der Waals surface area contributed by atoms with Crippen molar-refractivity contribution in [1.29, 1.82) is 0 Å². The second-order valence-corrected chi connectivity index (χ2v) is 5.89. The van der Waals surface area contributed by atoms with Crippen LogP contribution in [0, 0.1) is 5.41 Å². The number of hydrogen-bond acceptors (Lipinski definition) is 2. The molecule has 0 radical (unpaired) electrons. The van der Waals surface area contributed by atoms with E-state index in [0.29, 0.717) is 18.2 Å². The molecule has 4 atom stereocenters. The molecule has 0 spiro atoms. The Balaban J connectivity index is 1.97. The van der Waals surface area contributed by atoms with E-state index in [-0.39, 0.29) is 5.41 Å². The molecule has 1 aliphatic rings. The van der Waals surface area contributed by atoms with Gasteiger partial charge in [0.1, 0.15) is 0 Å². The fourth-order valence-corrected chi connectivity index (χ4v) is 3.15. The number of hydrogen-bond donors (Lipinski definition) is 1. The molecular formula is C17H27NO. The van der Waals surface area contributed by atoms with Crippen molar-refractivity contribution in [3.8, 4) is 0 Å². The van der Waals surface area contributed by atoms with Crippen LogP contribution < -0.4 is 5.32 Å². The van der Waals surface area contributed by atoms with Crippen LogP contribution in [0.25, 0.3) is 0 Å². The molecule has 0 aromatic heterocycles. The van der Waals surface area contributed by atoms with Gasteiger partial charge in [-0.05, 0) is 32.3 Å². The highest BCUT2D eigenvalue weighted by Gasteiger charge is 2.51. The monoisotopic (exact) mass is 261 g/mol. The standard InChI is InChI=1S/C17H27NO/c1-5-17(4)15(12-16(17)19-6-2)18-13(3)14-10-8-7-9-11-14/h7-11,13,15-16,18H,5-6,12H2,1-4H3/t13-,15?,16?,17?/m0/s1. The Kier molecular flexibility index (Phi) is 4.64. The first kappa shape index (κ1) is 14.5. The van der Waals surface area contributed by atoms with Crippen molar-refractivity contribution in [1.82, 2.24) is 5.32 Å². The van der Waals surface area contributed by atoms with E-state index < -0.39 is 0 Å². The van der Waals surface area contributed by atoms with Crippen LogP contribution in [0.5, 0.6) is 0 Å². The molecule has 0 bridgehead atoms. The molecule has 0 heterocycles. The summed E-state index contributed by atoms with van der Waals surface area (Å²) in [6.07, 6.45) is 2.72. The van der Waals surface area contributed by atoms with E-state index in [1.54, 1.807) is 0 Å². The third-order valence-corrected chi connectivity index (χ3v) is 4.86. The lowest BCUT2D eigenvalue weighted by Crippen LogP contribution is -2.62. The van der Waals surface area contributed by atoms with Gasteiger partial charge < -0.3 is 10.1 Å². The van der Waals surface area contributed by atoms with E-state index in [1.165, 1.54) is 5.56 Å². The van der Waals surface area contributed by atoms with Crippen LogP contribution >= 0.6 is 0 Å². The molecule has 2 rings (SSSR count). The summed E-state index contributed by atoms with van der Waals surface area (Å²) in [5.74, 6) is 0. The molecule has 19 heavy (non-hydrogen) atoms. The summed E-state index contributed by atoms with van der Waals surface area (Å²) in [6, 6.07) is 11.6. The highest BCUT2D eigenvalue weighted by molar-refractivity contribution is 5.19. The van der Waals surface area contributed by atoms with E-state index in [2.05, 4.69) is 63.3 Å². The van der Waals surface area contributed by atoms with Crippen molar-refractivity contribution in [2.75, 3.05) is 6.61 Å². The molecule has 2 nitrogen and oxygen atoms in total. The highest BCUT2D eigenvalue weighted by Crippen LogP contribution is 2.46. The number of ether oxygens (including phenoxy) is 1. The molecule has 1 aliphatic carbocycles. The highest BCUT2D eigenvalue weighted by atomic mass is 16.5. The first-order chi connectivity index (χ1) is 9.11. The van der Waals surface area contributed by atoms with E-state index in [9.17, 15) is 0 Å². The van der Waals surface area contributed by atoms with Gasteiger partial charge in [-0.1, -0.05) is 44.2 Å². The maximum Gasteiger partial charge on any atom is 0.0658 e. The van der Waals surface area contributed by atoms with Gasteiger partial charge in [-0.25, -0.2) is 0 Å². The van der Waals surface area contributed by atoms with Crippen LogP contribution in [0.1, 0.15) is 52.1 Å². The van der Waals surface area contributed by atoms with Crippen molar-refractivity contribution in [3.05, 3.63) is 35.9 Å². The van der Waals surface area contributed by atoms with Gasteiger partial charge in [0.2, 0.25) is 0 Å². The van der Waals surface area contributed by atoms with Gasteiger partial charge in [0, 0.05) is 24.1 Å². The predicted octanol–water partition coefficient (Wildman–Crippen LogP) is 3.93. The average molecular weight is 261 g/mol. The zero-order valence-corrected chi connectivity index (χ0v) is 12.6. The SMILES string of the molecule is CCOC1CC(N[C@@H](C)c2ccccc2)C1(C)CC. The van der Waals surface area contributed by atoms with Gasteiger partial charge in [0.05, 0.1) is 6.10 Å². The van der Waals surface area contributed by atoms with Gasteiger partial charge in [0.25, 0.3) is 0 Å². The van der Waals surface area contributed by atoms with E-state index in [1.807, 2.05) is 0 Å². The molecule has 106 valence electrons. The Hall–Kier alpha value is -0.860. The summed E-state index contributed by atoms with van der Waals surface area (Å²) in [5, 5.41) is 3.78. The summed E-state index contributed by atoms with van der Waals surface area (Å²) < 4.78 is 5.86. The molecule has 0 saturated heterocycles. The number of benzene rings is 1. The molecule has 1 aromatic rings. The van der Waals surface area contributed by atoms with Gasteiger partial charge in [-0.2, -0.15) is 0 Å². The quantitative estimate of drug-likeness (QED) is 0.837. The Labute approximate surface area is 117 Å². The predicted molar refractivity (Wildman–Crippen MR) is 80.2 cm³/mol. The smallest absolute Gasteiger partial charge is 0.0658 e. The Bertz CT molecular complexity index is 392. The van der Waals surface area contributed by atoms with Crippen molar-refractivity contribution < 1.29 is 4.74 Å². The zero-order chi connectivity index (χ0) is 13.9. The van der Waals surface area contributed by atoms with Crippen molar-refractivity contribution in [3.63, 3.8) is 0 Å². The number of rotatable bonds is 6. The van der Waals surface area contributed by atoms with Crippen LogP contribution in [-0.4, -0.2) is 18.8 Å². The lowest BCUT2D eigenvalue weighted by molar-refractivity contribution is -0.127. The minimum atomic E-state index is 0.277. The fourth-order valence-electron chi connectivity index (χ4n) is 3.15. The largest absolute Gasteiger partial charge is 0.378 e. The first-order valence-corrected chi connectivity index (χ1v) is 7.54. The maximum atomic E-state index is 5.86. The third-order valence-electron chi connectivity index (χ3n) is 4.86. The average Bonchev–Trinajstić information content (AvgIpc) is 2.46. The first-order valence-electron chi connectivity index (χ1n) is 7.54. The van der Waals surface area contributed by atoms with Crippen LogP contribution in [0.3, 0.4) is 0 Å². The normalized spacial score (nSPS) is 31.8. The lowest BCUT2D eigenvalue weighted by atomic mass is 9.61. The maximum absolute atomic E-state index is 5.86.